The van der Waals surface area contributed by atoms with Crippen LogP contribution in [0.3, 0.4) is 0 Å². The van der Waals surface area contributed by atoms with Gasteiger partial charge in [0.05, 0.1) is 5.39 Å². The minimum Gasteiger partial charge on any atom is -0.367 e. The fourth-order valence-corrected chi connectivity index (χ4v) is 3.46. The first-order valence-corrected chi connectivity index (χ1v) is 8.81. The van der Waals surface area contributed by atoms with Gasteiger partial charge in [-0.05, 0) is 25.3 Å². The Balaban J connectivity index is 1.55. The lowest BCUT2D eigenvalue weighted by molar-refractivity contribution is 0.464. The predicted octanol–water partition coefficient (Wildman–Crippen LogP) is 0.928. The Kier molecular flexibility index (Phi) is 4.27. The number of aryl methyl sites for hydroxylation is 2. The Morgan fingerprint density at radius 1 is 1.19 bits per heavy atom. The molecular formula is C17H22N8O. The van der Waals surface area contributed by atoms with Crippen LogP contribution >= 0.6 is 0 Å². The van der Waals surface area contributed by atoms with E-state index in [-0.39, 0.29) is 11.6 Å². The number of piperidine rings is 1. The van der Waals surface area contributed by atoms with Crippen LogP contribution in [0, 0.1) is 0 Å². The van der Waals surface area contributed by atoms with Gasteiger partial charge in [-0.25, -0.2) is 14.6 Å². The summed E-state index contributed by atoms with van der Waals surface area (Å²) in [6.07, 6.45) is 6.83. The first-order chi connectivity index (χ1) is 12.6. The second-order valence-corrected chi connectivity index (χ2v) is 6.64. The molecule has 9 nitrogen and oxygen atoms in total. The van der Waals surface area contributed by atoms with E-state index in [9.17, 15) is 4.79 Å². The van der Waals surface area contributed by atoms with E-state index < -0.39 is 0 Å². The number of nitrogens with zero attached hydrogens (tertiary/aromatic N) is 7. The molecule has 4 rings (SSSR count). The standard InChI is InChI=1S/C17H22N8O/c1-23-10-13-16(19-11-20-17(13)22-23)18-9-12-5-3-4-8-25(12)14-6-7-15(26)24(2)21-14/h6-7,10-12H,3-5,8-9H2,1-2H3,(H,18,19,20,22). The van der Waals surface area contributed by atoms with Crippen LogP contribution in [-0.4, -0.2) is 48.7 Å². The molecule has 9 heteroatoms. The van der Waals surface area contributed by atoms with Crippen molar-refractivity contribution in [2.75, 3.05) is 23.3 Å². The number of hydrogen-bond acceptors (Lipinski definition) is 7. The smallest absolute Gasteiger partial charge is 0.266 e. The molecule has 0 radical (unpaired) electrons. The Hall–Kier alpha value is -2.97. The highest BCUT2D eigenvalue weighted by atomic mass is 16.1. The van der Waals surface area contributed by atoms with Crippen molar-refractivity contribution in [2.45, 2.75) is 25.3 Å². The van der Waals surface area contributed by atoms with Crippen LogP contribution in [0.1, 0.15) is 19.3 Å². The van der Waals surface area contributed by atoms with E-state index in [1.807, 2.05) is 19.3 Å². The predicted molar refractivity (Wildman–Crippen MR) is 99.3 cm³/mol. The van der Waals surface area contributed by atoms with Gasteiger partial charge >= 0.3 is 0 Å². The topological polar surface area (TPSA) is 93.8 Å². The second-order valence-electron chi connectivity index (χ2n) is 6.64. The minimum absolute atomic E-state index is 0.0969. The highest BCUT2D eigenvalue weighted by Crippen LogP contribution is 2.24. The van der Waals surface area contributed by atoms with Crippen LogP contribution in [0.5, 0.6) is 0 Å². The van der Waals surface area contributed by atoms with Crippen LogP contribution in [0.15, 0.2) is 29.5 Å². The Morgan fingerprint density at radius 3 is 2.92 bits per heavy atom. The Morgan fingerprint density at radius 2 is 2.08 bits per heavy atom. The average Bonchev–Trinajstić information content (AvgIpc) is 3.03. The minimum atomic E-state index is -0.0969. The molecule has 3 aromatic rings. The van der Waals surface area contributed by atoms with Crippen LogP contribution in [0.4, 0.5) is 11.6 Å². The summed E-state index contributed by atoms with van der Waals surface area (Å²) < 4.78 is 3.13. The highest BCUT2D eigenvalue weighted by Gasteiger charge is 2.24. The van der Waals surface area contributed by atoms with E-state index >= 15 is 0 Å². The quantitative estimate of drug-likeness (QED) is 0.745. The molecule has 0 spiro atoms. The lowest BCUT2D eigenvalue weighted by Gasteiger charge is -2.36. The van der Waals surface area contributed by atoms with E-state index in [0.717, 1.165) is 43.0 Å². The van der Waals surface area contributed by atoms with Crippen molar-refractivity contribution in [1.29, 1.82) is 0 Å². The fraction of sp³-hybridized carbons (Fsp3) is 0.471. The molecule has 1 aliphatic heterocycles. The van der Waals surface area contributed by atoms with Gasteiger partial charge in [0.1, 0.15) is 18.0 Å². The first kappa shape index (κ1) is 16.5. The highest BCUT2D eigenvalue weighted by molar-refractivity contribution is 5.85. The van der Waals surface area contributed by atoms with Crippen LogP contribution < -0.4 is 15.8 Å². The third kappa shape index (κ3) is 3.12. The van der Waals surface area contributed by atoms with Gasteiger partial charge in [0.15, 0.2) is 5.65 Å². The van der Waals surface area contributed by atoms with Gasteiger partial charge in [0.2, 0.25) is 0 Å². The van der Waals surface area contributed by atoms with Gasteiger partial charge in [-0.15, -0.1) is 0 Å². The number of fused-ring (bicyclic) bond motifs is 1. The van der Waals surface area contributed by atoms with E-state index in [4.69, 9.17) is 0 Å². The van der Waals surface area contributed by atoms with E-state index in [0.29, 0.717) is 5.65 Å². The van der Waals surface area contributed by atoms with Crippen molar-refractivity contribution < 1.29 is 0 Å². The molecule has 136 valence electrons. The molecular weight excluding hydrogens is 332 g/mol. The number of anilines is 2. The Bertz CT molecular complexity index is 978. The molecule has 4 heterocycles. The van der Waals surface area contributed by atoms with Crippen molar-refractivity contribution in [3.63, 3.8) is 0 Å². The number of hydrogen-bond donors (Lipinski definition) is 1. The Labute approximate surface area is 150 Å². The maximum Gasteiger partial charge on any atom is 0.266 e. The molecule has 1 fully saturated rings. The zero-order valence-electron chi connectivity index (χ0n) is 15.0. The van der Waals surface area contributed by atoms with Gasteiger partial charge in [-0.2, -0.15) is 10.2 Å². The maximum absolute atomic E-state index is 11.6. The average molecular weight is 354 g/mol. The summed E-state index contributed by atoms with van der Waals surface area (Å²) in [6.45, 7) is 1.68. The molecule has 1 atom stereocenters. The van der Waals surface area contributed by atoms with Crippen molar-refractivity contribution in [3.8, 4) is 0 Å². The summed E-state index contributed by atoms with van der Waals surface area (Å²) >= 11 is 0. The molecule has 1 aliphatic rings. The first-order valence-electron chi connectivity index (χ1n) is 8.81. The second kappa shape index (κ2) is 6.74. The van der Waals surface area contributed by atoms with Gasteiger partial charge in [0.25, 0.3) is 5.56 Å². The summed E-state index contributed by atoms with van der Waals surface area (Å²) in [5.74, 6) is 1.63. The molecule has 1 unspecified atom stereocenters. The van der Waals surface area contributed by atoms with E-state index in [1.165, 1.54) is 17.4 Å². The van der Waals surface area contributed by atoms with Crippen LogP contribution in [0.2, 0.25) is 0 Å². The molecule has 26 heavy (non-hydrogen) atoms. The molecule has 3 aromatic heterocycles. The summed E-state index contributed by atoms with van der Waals surface area (Å²) in [7, 11) is 3.56. The van der Waals surface area contributed by atoms with E-state index in [2.05, 4.69) is 30.4 Å². The summed E-state index contributed by atoms with van der Waals surface area (Å²) in [5, 5.41) is 13.1. The van der Waals surface area contributed by atoms with Gasteiger partial charge in [-0.1, -0.05) is 0 Å². The molecule has 0 saturated carbocycles. The van der Waals surface area contributed by atoms with Crippen molar-refractivity contribution in [2.24, 2.45) is 14.1 Å². The van der Waals surface area contributed by atoms with Gasteiger partial charge in [-0.3, -0.25) is 9.48 Å². The lowest BCUT2D eigenvalue weighted by Crippen LogP contribution is -2.45. The lowest BCUT2D eigenvalue weighted by atomic mass is 10.0. The number of rotatable bonds is 4. The third-order valence-electron chi connectivity index (χ3n) is 4.80. The molecule has 0 amide bonds. The largest absolute Gasteiger partial charge is 0.367 e. The fourth-order valence-electron chi connectivity index (χ4n) is 3.46. The van der Waals surface area contributed by atoms with Gasteiger partial charge in [0, 0.05) is 45.5 Å². The molecule has 0 aromatic carbocycles. The summed E-state index contributed by atoms with van der Waals surface area (Å²) in [6, 6.07) is 3.67. The number of aromatic nitrogens is 6. The summed E-state index contributed by atoms with van der Waals surface area (Å²) in [4.78, 5) is 22.5. The number of nitrogens with one attached hydrogen (secondary N) is 1. The van der Waals surface area contributed by atoms with Crippen molar-refractivity contribution in [1.82, 2.24) is 29.5 Å². The molecule has 0 aliphatic carbocycles. The molecule has 1 N–H and O–H groups in total. The van der Waals surface area contributed by atoms with Gasteiger partial charge < -0.3 is 10.2 Å². The van der Waals surface area contributed by atoms with Crippen molar-refractivity contribution in [3.05, 3.63) is 35.0 Å². The third-order valence-corrected chi connectivity index (χ3v) is 4.80. The maximum atomic E-state index is 11.6. The van der Waals surface area contributed by atoms with E-state index in [1.54, 1.807) is 17.8 Å². The zero-order valence-corrected chi connectivity index (χ0v) is 15.0. The summed E-state index contributed by atoms with van der Waals surface area (Å²) in [5.41, 5.74) is 0.589. The normalized spacial score (nSPS) is 17.6. The SMILES string of the molecule is Cn1cc2c(NCC3CCCCN3c3ccc(=O)n(C)n3)ncnc2n1. The monoisotopic (exact) mass is 354 g/mol. The van der Waals surface area contributed by atoms with Crippen LogP contribution in [-0.2, 0) is 14.1 Å². The zero-order chi connectivity index (χ0) is 18.1. The molecule has 1 saturated heterocycles. The van der Waals surface area contributed by atoms with Crippen LogP contribution in [0.25, 0.3) is 11.0 Å². The molecule has 0 bridgehead atoms. The van der Waals surface area contributed by atoms with Crippen molar-refractivity contribution >= 4 is 22.7 Å².